The van der Waals surface area contributed by atoms with Crippen molar-refractivity contribution in [3.8, 4) is 16.5 Å². The molecule has 0 aliphatic carbocycles. The van der Waals surface area contributed by atoms with Crippen molar-refractivity contribution in [1.29, 1.82) is 0 Å². The molecule has 21 heavy (non-hydrogen) atoms. The van der Waals surface area contributed by atoms with E-state index < -0.39 is 6.10 Å². The van der Waals surface area contributed by atoms with E-state index >= 15 is 0 Å². The Labute approximate surface area is 139 Å². The van der Waals surface area contributed by atoms with Crippen LogP contribution >= 0.6 is 15.9 Å². The summed E-state index contributed by atoms with van der Waals surface area (Å²) in [5.74, 6) is 3.86. The molecule has 2 nitrogen and oxygen atoms in total. The molecule has 0 radical (unpaired) electrons. The van der Waals surface area contributed by atoms with Crippen molar-refractivity contribution < 1.29 is 9.84 Å². The molecule has 0 aromatic heterocycles. The molecule has 1 unspecified atom stereocenters. The van der Waals surface area contributed by atoms with Crippen LogP contribution in [0.5, 0.6) is 5.75 Å². The van der Waals surface area contributed by atoms with Crippen LogP contribution in [-0.4, -0.2) is 32.8 Å². The second-order valence-electron chi connectivity index (χ2n) is 4.32. The van der Waals surface area contributed by atoms with Crippen LogP contribution < -0.4 is 4.74 Å². The van der Waals surface area contributed by atoms with E-state index in [9.17, 15) is 5.11 Å². The zero-order valence-corrected chi connectivity index (χ0v) is 14.6. The van der Waals surface area contributed by atoms with E-state index in [4.69, 9.17) is 4.74 Å². The Morgan fingerprint density at radius 1 is 1.10 bits per heavy atom. The number of aliphatic hydroxyl groups is 1. The third-order valence-electron chi connectivity index (χ3n) is 2.57. The van der Waals surface area contributed by atoms with Gasteiger partial charge in [-0.3, -0.25) is 0 Å². The standard InChI is InChI=1S/C17H15BrO2Se/c18-15-6-8-17(9-7-15)20-12-16(19)13-21-11-10-14-4-2-1-3-5-14/h1-9,16,19H,12-13H2. The van der Waals surface area contributed by atoms with E-state index in [0.29, 0.717) is 11.9 Å². The summed E-state index contributed by atoms with van der Waals surface area (Å²) in [5.41, 5.74) is 1.01. The van der Waals surface area contributed by atoms with E-state index in [1.54, 1.807) is 0 Å². The Morgan fingerprint density at radius 3 is 2.52 bits per heavy atom. The van der Waals surface area contributed by atoms with Crippen LogP contribution in [0.3, 0.4) is 0 Å². The second kappa shape index (κ2) is 8.92. The summed E-state index contributed by atoms with van der Waals surface area (Å²) in [4.78, 5) is 3.13. The first kappa shape index (κ1) is 16.1. The molecule has 1 atom stereocenters. The van der Waals surface area contributed by atoms with Gasteiger partial charge in [0, 0.05) is 0 Å². The van der Waals surface area contributed by atoms with Gasteiger partial charge in [0.2, 0.25) is 0 Å². The Kier molecular flexibility index (Phi) is 6.85. The van der Waals surface area contributed by atoms with E-state index in [-0.39, 0.29) is 15.0 Å². The maximum atomic E-state index is 9.88. The van der Waals surface area contributed by atoms with Crippen LogP contribution in [0.1, 0.15) is 5.56 Å². The van der Waals surface area contributed by atoms with E-state index in [0.717, 1.165) is 15.8 Å². The number of ether oxygens (including phenoxy) is 1. The number of hydrogen-bond acceptors (Lipinski definition) is 2. The average Bonchev–Trinajstić information content (AvgIpc) is 2.52. The molecular weight excluding hydrogens is 395 g/mol. The quantitative estimate of drug-likeness (QED) is 0.606. The normalized spacial score (nSPS) is 11.3. The third kappa shape index (κ3) is 6.37. The molecule has 0 fully saturated rings. The summed E-state index contributed by atoms with van der Waals surface area (Å²) in [6.07, 6.45) is -0.473. The maximum absolute atomic E-state index is 9.88. The van der Waals surface area contributed by atoms with Crippen molar-refractivity contribution in [2.45, 2.75) is 11.4 Å². The first-order valence-corrected chi connectivity index (χ1v) is 9.34. The fourth-order valence-electron chi connectivity index (χ4n) is 1.53. The van der Waals surface area contributed by atoms with Gasteiger partial charge in [-0.15, -0.1) is 0 Å². The molecule has 0 amide bonds. The number of hydrogen-bond donors (Lipinski definition) is 1. The van der Waals surface area contributed by atoms with Gasteiger partial charge in [0.25, 0.3) is 0 Å². The topological polar surface area (TPSA) is 29.5 Å². The molecular formula is C17H15BrO2Se. The van der Waals surface area contributed by atoms with Crippen LogP contribution in [0.15, 0.2) is 59.1 Å². The van der Waals surface area contributed by atoms with Crippen molar-refractivity contribution in [3.05, 3.63) is 64.6 Å². The van der Waals surface area contributed by atoms with Gasteiger partial charge in [-0.1, -0.05) is 0 Å². The zero-order chi connectivity index (χ0) is 14.9. The van der Waals surface area contributed by atoms with Crippen LogP contribution in [-0.2, 0) is 0 Å². The van der Waals surface area contributed by atoms with Crippen molar-refractivity contribution in [2.24, 2.45) is 0 Å². The van der Waals surface area contributed by atoms with Crippen LogP contribution in [0.25, 0.3) is 0 Å². The van der Waals surface area contributed by atoms with Crippen molar-refractivity contribution >= 4 is 30.9 Å². The minimum absolute atomic E-state index is 0.0956. The third-order valence-corrected chi connectivity index (χ3v) is 4.78. The second-order valence-corrected chi connectivity index (χ2v) is 6.97. The van der Waals surface area contributed by atoms with E-state index in [2.05, 4.69) is 26.7 Å². The molecule has 2 aromatic rings. The van der Waals surface area contributed by atoms with Gasteiger partial charge >= 0.3 is 140 Å². The zero-order valence-electron chi connectivity index (χ0n) is 11.3. The van der Waals surface area contributed by atoms with E-state index in [1.807, 2.05) is 54.6 Å². The van der Waals surface area contributed by atoms with Gasteiger partial charge in [-0.2, -0.15) is 0 Å². The van der Waals surface area contributed by atoms with Crippen LogP contribution in [0.4, 0.5) is 0 Å². The Bertz CT molecular complexity index is 602. The number of benzene rings is 2. The molecule has 0 aliphatic rings. The fraction of sp³-hybridized carbons (Fsp3) is 0.176. The van der Waals surface area contributed by atoms with Crippen molar-refractivity contribution in [1.82, 2.24) is 0 Å². The molecule has 0 saturated heterocycles. The van der Waals surface area contributed by atoms with Crippen molar-refractivity contribution in [2.75, 3.05) is 6.61 Å². The van der Waals surface area contributed by atoms with Crippen molar-refractivity contribution in [3.63, 3.8) is 0 Å². The van der Waals surface area contributed by atoms with Gasteiger partial charge in [0.1, 0.15) is 0 Å². The molecule has 0 heterocycles. The van der Waals surface area contributed by atoms with Gasteiger partial charge in [0.15, 0.2) is 0 Å². The summed E-state index contributed by atoms with van der Waals surface area (Å²) in [5, 5.41) is 10.5. The first-order chi connectivity index (χ1) is 10.2. The summed E-state index contributed by atoms with van der Waals surface area (Å²) in [6.45, 7) is 0.302. The predicted octanol–water partition coefficient (Wildman–Crippen LogP) is 3.32. The fourth-order valence-corrected chi connectivity index (χ4v) is 2.97. The molecule has 2 rings (SSSR count). The number of rotatable bonds is 5. The SMILES string of the molecule is OC(COc1ccc(Br)cc1)C[Se]C#Cc1ccccc1. The molecule has 0 bridgehead atoms. The number of halogens is 1. The Balaban J connectivity index is 1.69. The average molecular weight is 410 g/mol. The molecule has 1 N–H and O–H groups in total. The van der Waals surface area contributed by atoms with Gasteiger partial charge in [0.05, 0.1) is 0 Å². The summed E-state index contributed by atoms with van der Waals surface area (Å²) >= 11 is 3.46. The Hall–Kier alpha value is -1.24. The summed E-state index contributed by atoms with van der Waals surface area (Å²) < 4.78 is 6.54. The predicted molar refractivity (Wildman–Crippen MR) is 89.5 cm³/mol. The van der Waals surface area contributed by atoms with Crippen LogP contribution in [0, 0.1) is 10.7 Å². The molecule has 4 heteroatoms. The number of aliphatic hydroxyl groups excluding tert-OH is 1. The molecule has 108 valence electrons. The molecule has 0 aliphatic heterocycles. The first-order valence-electron chi connectivity index (χ1n) is 6.48. The van der Waals surface area contributed by atoms with Gasteiger partial charge in [-0.25, -0.2) is 0 Å². The molecule has 2 aromatic carbocycles. The molecule has 0 spiro atoms. The summed E-state index contributed by atoms with van der Waals surface area (Å²) in [7, 11) is 0. The summed E-state index contributed by atoms with van der Waals surface area (Å²) in [6, 6.07) is 17.4. The Morgan fingerprint density at radius 2 is 1.81 bits per heavy atom. The van der Waals surface area contributed by atoms with Gasteiger partial charge < -0.3 is 0 Å². The van der Waals surface area contributed by atoms with E-state index in [1.165, 1.54) is 0 Å². The molecule has 0 saturated carbocycles. The minimum atomic E-state index is -0.473. The monoisotopic (exact) mass is 410 g/mol. The van der Waals surface area contributed by atoms with Gasteiger partial charge in [-0.05, 0) is 0 Å². The van der Waals surface area contributed by atoms with Crippen LogP contribution in [0.2, 0.25) is 5.32 Å².